The highest BCUT2D eigenvalue weighted by molar-refractivity contribution is 8.00. The molecule has 0 radical (unpaired) electrons. The van der Waals surface area contributed by atoms with Crippen LogP contribution in [0.4, 0.5) is 0 Å². The van der Waals surface area contributed by atoms with Crippen LogP contribution in [0.15, 0.2) is 53.4 Å². The minimum Gasteiger partial charge on any atom is -0.480 e. The van der Waals surface area contributed by atoms with Gasteiger partial charge in [0.05, 0.1) is 0 Å². The summed E-state index contributed by atoms with van der Waals surface area (Å²) in [6.07, 6.45) is 0. The molecule has 98 valence electrons. The van der Waals surface area contributed by atoms with Gasteiger partial charge in [0.2, 0.25) is 0 Å². The molecule has 0 fully saturated rings. The zero-order chi connectivity index (χ0) is 13.8. The number of thioether (sulfide) groups is 1. The fourth-order valence-corrected chi connectivity index (χ4v) is 2.99. The number of hydrogen-bond acceptors (Lipinski definition) is 2. The van der Waals surface area contributed by atoms with Crippen LogP contribution in [0.5, 0.6) is 0 Å². The van der Waals surface area contributed by atoms with Crippen molar-refractivity contribution in [1.29, 1.82) is 0 Å². The zero-order valence-electron chi connectivity index (χ0n) is 11.0. The topological polar surface area (TPSA) is 37.3 Å². The third-order valence-electron chi connectivity index (χ3n) is 2.90. The molecular formula is C16H16O2S. The Morgan fingerprint density at radius 2 is 1.79 bits per heavy atom. The van der Waals surface area contributed by atoms with Crippen LogP contribution in [0.3, 0.4) is 0 Å². The smallest absolute Gasteiger partial charge is 0.321 e. The van der Waals surface area contributed by atoms with Crippen LogP contribution in [0.1, 0.15) is 21.9 Å². The predicted octanol–water partition coefficient (Wildman–Crippen LogP) is 4.22. The molecule has 0 unspecified atom stereocenters. The summed E-state index contributed by atoms with van der Waals surface area (Å²) >= 11 is 1.39. The quantitative estimate of drug-likeness (QED) is 0.847. The summed E-state index contributed by atoms with van der Waals surface area (Å²) in [5.41, 5.74) is 3.13. The maximum Gasteiger partial charge on any atom is 0.321 e. The summed E-state index contributed by atoms with van der Waals surface area (Å²) in [7, 11) is 0. The molecule has 0 spiro atoms. The van der Waals surface area contributed by atoms with E-state index in [1.807, 2.05) is 56.3 Å². The lowest BCUT2D eigenvalue weighted by Gasteiger charge is -2.14. The van der Waals surface area contributed by atoms with E-state index in [-0.39, 0.29) is 0 Å². The number of benzene rings is 2. The lowest BCUT2D eigenvalue weighted by Crippen LogP contribution is -2.08. The summed E-state index contributed by atoms with van der Waals surface area (Å²) in [6, 6.07) is 15.4. The third kappa shape index (κ3) is 3.38. The summed E-state index contributed by atoms with van der Waals surface area (Å²) in [5.74, 6) is -0.809. The molecule has 0 aliphatic heterocycles. The van der Waals surface area contributed by atoms with Crippen molar-refractivity contribution >= 4 is 17.7 Å². The molecule has 0 aromatic heterocycles. The van der Waals surface area contributed by atoms with E-state index in [1.165, 1.54) is 17.3 Å². The van der Waals surface area contributed by atoms with Crippen molar-refractivity contribution in [2.24, 2.45) is 0 Å². The van der Waals surface area contributed by atoms with E-state index < -0.39 is 11.2 Å². The Labute approximate surface area is 117 Å². The second-order valence-corrected chi connectivity index (χ2v) is 5.66. The Morgan fingerprint density at radius 1 is 1.11 bits per heavy atom. The average molecular weight is 272 g/mol. The molecule has 0 aliphatic rings. The van der Waals surface area contributed by atoms with Crippen molar-refractivity contribution in [3.8, 4) is 0 Å². The summed E-state index contributed by atoms with van der Waals surface area (Å²) < 4.78 is 0. The van der Waals surface area contributed by atoms with Gasteiger partial charge in [0.15, 0.2) is 0 Å². The molecule has 2 rings (SSSR count). The largest absolute Gasteiger partial charge is 0.480 e. The molecule has 0 saturated carbocycles. The predicted molar refractivity (Wildman–Crippen MR) is 78.6 cm³/mol. The lowest BCUT2D eigenvalue weighted by molar-refractivity contribution is -0.136. The molecule has 19 heavy (non-hydrogen) atoms. The maximum absolute atomic E-state index is 11.5. The normalized spacial score (nSPS) is 12.1. The van der Waals surface area contributed by atoms with E-state index in [4.69, 9.17) is 0 Å². The summed E-state index contributed by atoms with van der Waals surface area (Å²) in [4.78, 5) is 12.5. The Kier molecular flexibility index (Phi) is 4.27. The van der Waals surface area contributed by atoms with E-state index >= 15 is 0 Å². The van der Waals surface area contributed by atoms with Gasteiger partial charge in [-0.1, -0.05) is 48.0 Å². The standard InChI is InChI=1S/C16H16O2S/c1-11-8-9-14(12(2)10-11)19-15(16(17)18)13-6-4-3-5-7-13/h3-10,15H,1-2H3,(H,17,18)/t15-/m0/s1. The van der Waals surface area contributed by atoms with Crippen molar-refractivity contribution in [1.82, 2.24) is 0 Å². The van der Waals surface area contributed by atoms with Gasteiger partial charge in [0.1, 0.15) is 5.25 Å². The first-order valence-corrected chi connectivity index (χ1v) is 6.97. The molecule has 1 N–H and O–H groups in total. The van der Waals surface area contributed by atoms with E-state index in [0.29, 0.717) is 0 Å². The third-order valence-corrected chi connectivity index (χ3v) is 4.32. The molecule has 2 nitrogen and oxygen atoms in total. The Hall–Kier alpha value is -1.74. The highest BCUT2D eigenvalue weighted by atomic mass is 32.2. The molecule has 3 heteroatoms. The van der Waals surface area contributed by atoms with Gasteiger partial charge in [-0.2, -0.15) is 0 Å². The first-order chi connectivity index (χ1) is 9.08. The van der Waals surface area contributed by atoms with Crippen LogP contribution in [0.25, 0.3) is 0 Å². The van der Waals surface area contributed by atoms with Crippen LogP contribution >= 0.6 is 11.8 Å². The second-order valence-electron chi connectivity index (χ2n) is 4.52. The van der Waals surface area contributed by atoms with Crippen LogP contribution in [-0.4, -0.2) is 11.1 Å². The highest BCUT2D eigenvalue weighted by Gasteiger charge is 2.21. The molecule has 2 aromatic rings. The first kappa shape index (κ1) is 13.7. The van der Waals surface area contributed by atoms with Gasteiger partial charge in [0.25, 0.3) is 0 Å². The van der Waals surface area contributed by atoms with E-state index in [2.05, 4.69) is 6.07 Å². The van der Waals surface area contributed by atoms with Crippen molar-refractivity contribution in [3.05, 3.63) is 65.2 Å². The Balaban J connectivity index is 2.29. The van der Waals surface area contributed by atoms with Gasteiger partial charge in [-0.25, -0.2) is 0 Å². The number of aliphatic carboxylic acids is 1. The minimum atomic E-state index is -0.809. The number of rotatable bonds is 4. The maximum atomic E-state index is 11.5. The van der Waals surface area contributed by atoms with Gasteiger partial charge >= 0.3 is 5.97 Å². The molecule has 2 aromatic carbocycles. The fourth-order valence-electron chi connectivity index (χ4n) is 1.95. The zero-order valence-corrected chi connectivity index (χ0v) is 11.8. The van der Waals surface area contributed by atoms with Crippen molar-refractivity contribution in [2.45, 2.75) is 24.0 Å². The summed E-state index contributed by atoms with van der Waals surface area (Å²) in [6.45, 7) is 4.05. The van der Waals surface area contributed by atoms with Crippen molar-refractivity contribution in [3.63, 3.8) is 0 Å². The van der Waals surface area contributed by atoms with Crippen molar-refractivity contribution in [2.75, 3.05) is 0 Å². The first-order valence-electron chi connectivity index (χ1n) is 6.09. The van der Waals surface area contributed by atoms with Crippen molar-refractivity contribution < 1.29 is 9.90 Å². The van der Waals surface area contributed by atoms with Crippen LogP contribution in [0, 0.1) is 13.8 Å². The van der Waals surface area contributed by atoms with E-state index in [0.717, 1.165) is 16.0 Å². The second kappa shape index (κ2) is 5.93. The van der Waals surface area contributed by atoms with Crippen LogP contribution in [-0.2, 0) is 4.79 Å². The lowest BCUT2D eigenvalue weighted by atomic mass is 10.1. The molecule has 0 saturated heterocycles. The highest BCUT2D eigenvalue weighted by Crippen LogP contribution is 2.37. The number of aryl methyl sites for hydroxylation is 2. The number of carboxylic acid groups (broad SMARTS) is 1. The average Bonchev–Trinajstić information content (AvgIpc) is 2.38. The molecular weight excluding hydrogens is 256 g/mol. The minimum absolute atomic E-state index is 0.567. The van der Waals surface area contributed by atoms with E-state index in [9.17, 15) is 9.90 Å². The van der Waals surface area contributed by atoms with E-state index in [1.54, 1.807) is 0 Å². The number of carbonyl (C=O) groups is 1. The molecule has 1 atom stereocenters. The van der Waals surface area contributed by atoms with Gasteiger partial charge in [0, 0.05) is 4.90 Å². The van der Waals surface area contributed by atoms with Gasteiger partial charge < -0.3 is 5.11 Å². The molecule has 0 bridgehead atoms. The molecule has 0 amide bonds. The Morgan fingerprint density at radius 3 is 2.37 bits per heavy atom. The van der Waals surface area contributed by atoms with Crippen LogP contribution in [0.2, 0.25) is 0 Å². The number of carboxylic acids is 1. The van der Waals surface area contributed by atoms with Crippen LogP contribution < -0.4 is 0 Å². The fraction of sp³-hybridized carbons (Fsp3) is 0.188. The SMILES string of the molecule is Cc1ccc(S[C@H](C(=O)O)c2ccccc2)c(C)c1. The number of hydrogen-bond donors (Lipinski definition) is 1. The van der Waals surface area contributed by atoms with Gasteiger partial charge in [-0.3, -0.25) is 4.79 Å². The van der Waals surface area contributed by atoms with Gasteiger partial charge in [-0.05, 0) is 31.0 Å². The monoisotopic (exact) mass is 272 g/mol. The summed E-state index contributed by atoms with van der Waals surface area (Å²) in [5, 5.41) is 8.85. The molecule has 0 aliphatic carbocycles. The van der Waals surface area contributed by atoms with Gasteiger partial charge in [-0.15, -0.1) is 11.8 Å². The Bertz CT molecular complexity index is 579. The molecule has 0 heterocycles.